The third-order valence-corrected chi connectivity index (χ3v) is 2.70. The summed E-state index contributed by atoms with van der Waals surface area (Å²) in [6.07, 6.45) is -2.50. The van der Waals surface area contributed by atoms with E-state index in [4.69, 9.17) is 4.74 Å². The van der Waals surface area contributed by atoms with Crippen molar-refractivity contribution in [3.8, 4) is 0 Å². The molecule has 1 atom stereocenters. The number of benzene rings is 1. The molecule has 0 saturated carbocycles. The largest absolute Gasteiger partial charge is 0.394 e. The van der Waals surface area contributed by atoms with Crippen LogP contribution in [0.4, 0.5) is 8.78 Å². The third-order valence-electron chi connectivity index (χ3n) is 2.70. The van der Waals surface area contributed by atoms with Crippen LogP contribution in [0.25, 0.3) is 0 Å². The molecule has 1 unspecified atom stereocenters. The minimum Gasteiger partial charge on any atom is -0.394 e. The van der Waals surface area contributed by atoms with Gasteiger partial charge >= 0.3 is 0 Å². The summed E-state index contributed by atoms with van der Waals surface area (Å²) in [5.41, 5.74) is -0.00568. The molecule has 2 N–H and O–H groups in total. The molecule has 1 rings (SSSR count). The molecule has 0 amide bonds. The maximum absolute atomic E-state index is 12.1. The van der Waals surface area contributed by atoms with E-state index >= 15 is 0 Å². The molecule has 0 spiro atoms. The maximum atomic E-state index is 12.1. The van der Waals surface area contributed by atoms with Gasteiger partial charge in [-0.25, -0.2) is 8.78 Å². The van der Waals surface area contributed by atoms with E-state index in [-0.39, 0.29) is 13.2 Å². The SMILES string of the molecule is CCNC(CO)(COCC(F)F)c1ccccc1. The fraction of sp³-hybridized carbons (Fsp3) is 0.538. The first kappa shape index (κ1) is 15.0. The number of hydrogen-bond acceptors (Lipinski definition) is 3. The van der Waals surface area contributed by atoms with Crippen LogP contribution in [-0.2, 0) is 10.3 Å². The minimum atomic E-state index is -2.50. The summed E-state index contributed by atoms with van der Waals surface area (Å²) < 4.78 is 29.2. The van der Waals surface area contributed by atoms with Crippen LogP contribution < -0.4 is 5.32 Å². The molecule has 0 aromatic heterocycles. The van der Waals surface area contributed by atoms with Gasteiger partial charge in [0.2, 0.25) is 0 Å². The Balaban J connectivity index is 2.80. The molecule has 3 nitrogen and oxygen atoms in total. The molecule has 102 valence electrons. The monoisotopic (exact) mass is 259 g/mol. The van der Waals surface area contributed by atoms with Crippen LogP contribution in [-0.4, -0.2) is 37.9 Å². The quantitative estimate of drug-likeness (QED) is 0.747. The van der Waals surface area contributed by atoms with Crippen molar-refractivity contribution < 1.29 is 18.6 Å². The molecule has 0 fully saturated rings. The minimum absolute atomic E-state index is 0.00565. The molecule has 0 saturated heterocycles. The van der Waals surface area contributed by atoms with Crippen molar-refractivity contribution >= 4 is 0 Å². The zero-order valence-electron chi connectivity index (χ0n) is 10.4. The lowest BCUT2D eigenvalue weighted by molar-refractivity contribution is -0.0216. The topological polar surface area (TPSA) is 41.5 Å². The highest BCUT2D eigenvalue weighted by atomic mass is 19.3. The van der Waals surface area contributed by atoms with Crippen LogP contribution in [0, 0.1) is 0 Å². The number of alkyl halides is 2. The summed E-state index contributed by atoms with van der Waals surface area (Å²) in [6.45, 7) is 1.66. The first-order chi connectivity index (χ1) is 8.64. The second kappa shape index (κ2) is 7.41. The zero-order valence-corrected chi connectivity index (χ0v) is 10.4. The fourth-order valence-electron chi connectivity index (χ4n) is 1.85. The summed E-state index contributed by atoms with van der Waals surface area (Å²) >= 11 is 0. The van der Waals surface area contributed by atoms with E-state index in [2.05, 4.69) is 5.32 Å². The fourth-order valence-corrected chi connectivity index (χ4v) is 1.85. The molecule has 1 aromatic rings. The Labute approximate surface area is 106 Å². The number of aliphatic hydroxyl groups excluding tert-OH is 1. The summed E-state index contributed by atoms with van der Waals surface area (Å²) in [4.78, 5) is 0. The van der Waals surface area contributed by atoms with E-state index in [9.17, 15) is 13.9 Å². The second-order valence-corrected chi connectivity index (χ2v) is 4.04. The van der Waals surface area contributed by atoms with Crippen molar-refractivity contribution in [3.63, 3.8) is 0 Å². The van der Waals surface area contributed by atoms with Gasteiger partial charge < -0.3 is 15.2 Å². The van der Waals surface area contributed by atoms with Crippen LogP contribution in [0.5, 0.6) is 0 Å². The van der Waals surface area contributed by atoms with Crippen LogP contribution >= 0.6 is 0 Å². The Morgan fingerprint density at radius 2 is 2.00 bits per heavy atom. The van der Waals surface area contributed by atoms with Gasteiger partial charge in [0.05, 0.1) is 18.8 Å². The van der Waals surface area contributed by atoms with Crippen molar-refractivity contribution in [2.75, 3.05) is 26.4 Å². The Morgan fingerprint density at radius 1 is 1.33 bits per heavy atom. The number of hydrogen-bond donors (Lipinski definition) is 2. The van der Waals surface area contributed by atoms with E-state index < -0.39 is 18.6 Å². The Hall–Kier alpha value is -1.04. The van der Waals surface area contributed by atoms with Gasteiger partial charge in [-0.1, -0.05) is 37.3 Å². The lowest BCUT2D eigenvalue weighted by Crippen LogP contribution is -2.49. The molecule has 0 radical (unpaired) electrons. The standard InChI is InChI=1S/C13H19F2NO2/c1-2-16-13(9-17,10-18-8-12(14)15)11-6-4-3-5-7-11/h3-7,12,16-17H,2,8-10H2,1H3. The van der Waals surface area contributed by atoms with Gasteiger partial charge in [0.15, 0.2) is 0 Å². The summed E-state index contributed by atoms with van der Waals surface area (Å²) in [6, 6.07) is 9.21. The molecule has 5 heteroatoms. The molecule has 18 heavy (non-hydrogen) atoms. The van der Waals surface area contributed by atoms with Gasteiger partial charge in [-0.2, -0.15) is 0 Å². The van der Waals surface area contributed by atoms with E-state index in [0.29, 0.717) is 6.54 Å². The number of likely N-dealkylation sites (N-methyl/N-ethyl adjacent to an activating group) is 1. The highest BCUT2D eigenvalue weighted by Gasteiger charge is 2.31. The Kier molecular flexibility index (Phi) is 6.18. The van der Waals surface area contributed by atoms with Crippen molar-refractivity contribution in [1.29, 1.82) is 0 Å². The molecular formula is C13H19F2NO2. The lowest BCUT2D eigenvalue weighted by Gasteiger charge is -2.33. The number of ether oxygens (including phenoxy) is 1. The predicted octanol–water partition coefficient (Wildman–Crippen LogP) is 1.77. The van der Waals surface area contributed by atoms with E-state index in [1.807, 2.05) is 37.3 Å². The maximum Gasteiger partial charge on any atom is 0.261 e. The molecule has 0 aliphatic carbocycles. The Morgan fingerprint density at radius 3 is 2.50 bits per heavy atom. The van der Waals surface area contributed by atoms with Gasteiger partial charge in [-0.05, 0) is 12.1 Å². The average molecular weight is 259 g/mol. The van der Waals surface area contributed by atoms with Crippen molar-refractivity contribution in [1.82, 2.24) is 5.32 Å². The van der Waals surface area contributed by atoms with Gasteiger partial charge in [0.25, 0.3) is 6.43 Å². The summed E-state index contributed by atoms with van der Waals surface area (Å²) in [5, 5.41) is 12.7. The zero-order chi connectivity index (χ0) is 13.4. The van der Waals surface area contributed by atoms with Gasteiger partial charge in [-0.3, -0.25) is 0 Å². The van der Waals surface area contributed by atoms with Crippen LogP contribution in [0.2, 0.25) is 0 Å². The summed E-state index contributed by atoms with van der Waals surface area (Å²) in [5.74, 6) is 0. The van der Waals surface area contributed by atoms with Crippen LogP contribution in [0.3, 0.4) is 0 Å². The van der Waals surface area contributed by atoms with E-state index in [1.165, 1.54) is 0 Å². The van der Waals surface area contributed by atoms with Crippen molar-refractivity contribution in [2.45, 2.75) is 18.9 Å². The first-order valence-corrected chi connectivity index (χ1v) is 5.92. The van der Waals surface area contributed by atoms with Crippen LogP contribution in [0.15, 0.2) is 30.3 Å². The summed E-state index contributed by atoms with van der Waals surface area (Å²) in [7, 11) is 0. The normalized spacial score (nSPS) is 14.7. The van der Waals surface area contributed by atoms with Gasteiger partial charge in [0, 0.05) is 0 Å². The molecule has 0 aliphatic heterocycles. The predicted molar refractivity (Wildman–Crippen MR) is 65.7 cm³/mol. The van der Waals surface area contributed by atoms with Gasteiger partial charge in [0.1, 0.15) is 6.61 Å². The molecular weight excluding hydrogens is 240 g/mol. The van der Waals surface area contributed by atoms with Gasteiger partial charge in [-0.15, -0.1) is 0 Å². The van der Waals surface area contributed by atoms with Crippen LogP contribution in [0.1, 0.15) is 12.5 Å². The third kappa shape index (κ3) is 4.01. The Bertz CT molecular complexity index is 335. The molecule has 0 aliphatic rings. The highest BCUT2D eigenvalue weighted by Crippen LogP contribution is 2.21. The molecule has 0 heterocycles. The second-order valence-electron chi connectivity index (χ2n) is 4.04. The number of rotatable bonds is 8. The highest BCUT2D eigenvalue weighted by molar-refractivity contribution is 5.25. The molecule has 1 aromatic carbocycles. The average Bonchev–Trinajstić information content (AvgIpc) is 2.38. The first-order valence-electron chi connectivity index (χ1n) is 5.92. The van der Waals surface area contributed by atoms with E-state index in [0.717, 1.165) is 5.56 Å². The van der Waals surface area contributed by atoms with E-state index in [1.54, 1.807) is 0 Å². The number of halogens is 2. The van der Waals surface area contributed by atoms with Crippen molar-refractivity contribution in [2.24, 2.45) is 0 Å². The smallest absolute Gasteiger partial charge is 0.261 e. The number of aliphatic hydroxyl groups is 1. The lowest BCUT2D eigenvalue weighted by atomic mass is 9.91. The van der Waals surface area contributed by atoms with Crippen molar-refractivity contribution in [3.05, 3.63) is 35.9 Å². The number of nitrogens with one attached hydrogen (secondary N) is 1. The molecule has 0 bridgehead atoms.